The van der Waals surface area contributed by atoms with E-state index >= 15 is 0 Å². The zero-order valence-corrected chi connectivity index (χ0v) is 33.5. The Morgan fingerprint density at radius 3 is 1.28 bits per heavy atom. The number of carbonyl (C=O) groups excluding carboxylic acids is 2. The minimum Gasteiger partial charge on any atom is -0.383 e. The van der Waals surface area contributed by atoms with Crippen LogP contribution in [-0.4, -0.2) is 75.2 Å². The van der Waals surface area contributed by atoms with Crippen LogP contribution in [0.15, 0.2) is 60.7 Å². The molecule has 0 saturated carbocycles. The second kappa shape index (κ2) is 30.1. The summed E-state index contributed by atoms with van der Waals surface area (Å²) in [5, 5.41) is 0. The van der Waals surface area contributed by atoms with Crippen molar-refractivity contribution in [2.24, 2.45) is 11.8 Å². The summed E-state index contributed by atoms with van der Waals surface area (Å²) in [5.41, 5.74) is 0.833. The predicted octanol–water partition coefficient (Wildman–Crippen LogP) is 8.27. The first-order chi connectivity index (χ1) is 24.9. The average Bonchev–Trinajstić information content (AvgIpc) is 3.90. The Kier molecular flexibility index (Phi) is 28.2. The number of carbonyl (C=O) groups is 2. The Morgan fingerprint density at radius 2 is 1.04 bits per heavy atom. The Balaban J connectivity index is 0.000000791. The average molecular weight is 775 g/mol. The van der Waals surface area contributed by atoms with E-state index < -0.39 is 23.3 Å². The van der Waals surface area contributed by atoms with E-state index in [1.807, 2.05) is 64.1 Å². The summed E-state index contributed by atoms with van der Waals surface area (Å²) in [5.74, 6) is -2.78. The molecular weight excluding hydrogens is 720 g/mol. The molecule has 0 heterocycles. The quantitative estimate of drug-likeness (QED) is 0.0980. The number of hydrogen-bond acceptors (Lipinski definition) is 4. The molecule has 0 spiro atoms. The SMILES string of the molecule is COCCN(CCCc1ccc(F)[c-]c1F)C(=O)C(C)C.COCCN(CCCc1ccc(F)[c-]c1F)C(=O)C(C)C.[C-]1=CC=CC1.[C-]1=CC=CC1.[Ti+4]. The first-order valence-corrected chi connectivity index (χ1v) is 17.6. The maximum absolute atomic E-state index is 13.5. The largest absolute Gasteiger partial charge is 4.00 e. The number of aryl methyl sites for hydroxylation is 2. The smallest absolute Gasteiger partial charge is 0.383 e. The van der Waals surface area contributed by atoms with Crippen LogP contribution in [0, 0.1) is 59.4 Å². The molecule has 2 aromatic carbocycles. The summed E-state index contributed by atoms with van der Waals surface area (Å²) >= 11 is 0. The van der Waals surface area contributed by atoms with E-state index in [4.69, 9.17) is 9.47 Å². The Labute approximate surface area is 329 Å². The van der Waals surface area contributed by atoms with Gasteiger partial charge in [-0.3, -0.25) is 21.7 Å². The normalized spacial score (nSPS) is 12.0. The van der Waals surface area contributed by atoms with Gasteiger partial charge in [0.1, 0.15) is 0 Å². The molecule has 2 aliphatic carbocycles. The zero-order valence-electron chi connectivity index (χ0n) is 32.0. The molecule has 0 bridgehead atoms. The number of methoxy groups -OCH3 is 2. The van der Waals surface area contributed by atoms with E-state index in [2.05, 4.69) is 24.3 Å². The molecule has 0 N–H and O–H groups in total. The number of halogens is 4. The molecule has 11 heteroatoms. The van der Waals surface area contributed by atoms with Crippen molar-refractivity contribution in [2.75, 3.05) is 53.6 Å². The summed E-state index contributed by atoms with van der Waals surface area (Å²) < 4.78 is 62.5. The number of ether oxygens (including phenoxy) is 2. The summed E-state index contributed by atoms with van der Waals surface area (Å²) in [6, 6.07) is 9.27. The Morgan fingerprint density at radius 1 is 0.660 bits per heavy atom. The minimum atomic E-state index is -0.701. The van der Waals surface area contributed by atoms with Gasteiger partial charge in [-0.15, -0.1) is 48.2 Å². The predicted molar refractivity (Wildman–Crippen MR) is 197 cm³/mol. The number of allylic oxidation sites excluding steroid dienone is 8. The van der Waals surface area contributed by atoms with Crippen molar-refractivity contribution in [2.45, 2.75) is 66.2 Å². The van der Waals surface area contributed by atoms with Crippen molar-refractivity contribution in [3.63, 3.8) is 0 Å². The van der Waals surface area contributed by atoms with Crippen molar-refractivity contribution in [1.82, 2.24) is 9.80 Å². The first kappa shape index (κ1) is 49.7. The van der Waals surface area contributed by atoms with Crippen LogP contribution < -0.4 is 0 Å². The van der Waals surface area contributed by atoms with Gasteiger partial charge in [-0.05, 0) is 12.8 Å². The van der Waals surface area contributed by atoms with Gasteiger partial charge in [0.05, 0.1) is 13.2 Å². The molecule has 0 fully saturated rings. The van der Waals surface area contributed by atoms with Gasteiger partial charge in [0.15, 0.2) is 0 Å². The standard InChI is InChI=1S/2C16H22F2NO2.2C5H5.Ti/c2*1-12(2)16(20)19(9-10-21-3)8-4-5-13-6-7-14(17)11-15(13)18;2*1-2-4-5-3-1;/h2*6-7,12H,4-5,8-10H2,1-3H3;2*1-3H,4H2;/q4*-1;+4. The summed E-state index contributed by atoms with van der Waals surface area (Å²) in [6.45, 7) is 10.4. The Hall–Kier alpha value is -3.31. The third-order valence-electron chi connectivity index (χ3n) is 7.55. The van der Waals surface area contributed by atoms with Gasteiger partial charge in [-0.2, -0.15) is 24.3 Å². The van der Waals surface area contributed by atoms with Crippen LogP contribution in [0.3, 0.4) is 0 Å². The maximum atomic E-state index is 13.5. The van der Waals surface area contributed by atoms with Crippen LogP contribution in [-0.2, 0) is 53.6 Å². The van der Waals surface area contributed by atoms with Crippen LogP contribution >= 0.6 is 0 Å². The second-order valence-electron chi connectivity index (χ2n) is 12.4. The van der Waals surface area contributed by atoms with Crippen LogP contribution in [0.25, 0.3) is 0 Å². The third kappa shape index (κ3) is 22.5. The molecule has 6 nitrogen and oxygen atoms in total. The van der Waals surface area contributed by atoms with E-state index in [9.17, 15) is 27.2 Å². The molecule has 0 saturated heterocycles. The fourth-order valence-electron chi connectivity index (χ4n) is 4.73. The summed E-state index contributed by atoms with van der Waals surface area (Å²) in [6.07, 6.45) is 22.1. The van der Waals surface area contributed by atoms with E-state index in [1.54, 1.807) is 24.0 Å². The van der Waals surface area contributed by atoms with Crippen molar-refractivity contribution in [3.8, 4) is 0 Å². The monoisotopic (exact) mass is 774 g/mol. The number of hydrogen-bond donors (Lipinski definition) is 0. The molecule has 2 aliphatic rings. The molecule has 0 atom stereocenters. The molecule has 0 aliphatic heterocycles. The molecule has 2 aromatic rings. The van der Waals surface area contributed by atoms with E-state index in [-0.39, 0.29) is 45.4 Å². The van der Waals surface area contributed by atoms with Crippen molar-refractivity contribution < 1.29 is 58.3 Å². The summed E-state index contributed by atoms with van der Waals surface area (Å²) in [7, 11) is 3.17. The topological polar surface area (TPSA) is 59.1 Å². The summed E-state index contributed by atoms with van der Waals surface area (Å²) in [4.78, 5) is 27.5. The van der Waals surface area contributed by atoms with Gasteiger partial charge in [-0.25, -0.2) is 41.9 Å². The van der Waals surface area contributed by atoms with Crippen molar-refractivity contribution in [1.29, 1.82) is 0 Å². The molecule has 288 valence electrons. The van der Waals surface area contributed by atoms with Crippen LogP contribution in [0.1, 0.15) is 64.5 Å². The van der Waals surface area contributed by atoms with Crippen molar-refractivity contribution >= 4 is 11.8 Å². The molecular formula is C42H54F4N2O4Ti. The van der Waals surface area contributed by atoms with Gasteiger partial charge in [0.25, 0.3) is 0 Å². The molecule has 4 rings (SSSR count). The van der Waals surface area contributed by atoms with Gasteiger partial charge >= 0.3 is 21.7 Å². The van der Waals surface area contributed by atoms with Crippen LogP contribution in [0.4, 0.5) is 17.6 Å². The second-order valence-corrected chi connectivity index (χ2v) is 12.4. The molecule has 0 aromatic heterocycles. The third-order valence-corrected chi connectivity index (χ3v) is 7.55. The fraction of sp³-hybridized carbons (Fsp3) is 0.476. The van der Waals surface area contributed by atoms with Crippen LogP contribution in [0.5, 0.6) is 0 Å². The van der Waals surface area contributed by atoms with Crippen LogP contribution in [0.2, 0.25) is 0 Å². The first-order valence-electron chi connectivity index (χ1n) is 17.6. The zero-order chi connectivity index (χ0) is 38.7. The van der Waals surface area contributed by atoms with Crippen molar-refractivity contribution in [3.05, 3.63) is 119 Å². The molecule has 53 heavy (non-hydrogen) atoms. The van der Waals surface area contributed by atoms with E-state index in [0.29, 0.717) is 76.2 Å². The van der Waals surface area contributed by atoms with Gasteiger partial charge < -0.3 is 19.3 Å². The van der Waals surface area contributed by atoms with Gasteiger partial charge in [0, 0.05) is 75.5 Å². The molecule has 0 unspecified atom stereocenters. The van der Waals surface area contributed by atoms with Gasteiger partial charge in [-0.1, -0.05) is 40.5 Å². The van der Waals surface area contributed by atoms with Gasteiger partial charge in [0.2, 0.25) is 11.8 Å². The maximum Gasteiger partial charge on any atom is 4.00 e. The number of benzene rings is 2. The number of nitrogens with zero attached hydrogens (tertiary/aromatic N) is 2. The van der Waals surface area contributed by atoms with E-state index in [0.717, 1.165) is 12.8 Å². The minimum absolute atomic E-state index is 0. The molecule has 2 amide bonds. The number of amides is 2. The number of rotatable bonds is 16. The van der Waals surface area contributed by atoms with E-state index in [1.165, 1.54) is 24.3 Å². The molecule has 0 radical (unpaired) electrons. The Bertz CT molecular complexity index is 1320. The fourth-order valence-corrected chi connectivity index (χ4v) is 4.73.